The maximum Gasteiger partial charge on any atom is 0.338 e. The first kappa shape index (κ1) is 23.6. The number of benzene rings is 4. The third-order valence-corrected chi connectivity index (χ3v) is 6.93. The van der Waals surface area contributed by atoms with Crippen LogP contribution in [0, 0.1) is 0 Å². The second-order valence-corrected chi connectivity index (χ2v) is 9.33. The van der Waals surface area contributed by atoms with Crippen LogP contribution in [-0.4, -0.2) is 24.2 Å². The van der Waals surface area contributed by atoms with Gasteiger partial charge < -0.3 is 19.5 Å². The SMILES string of the molecule is O=C(N[C@]1(Cc2ccccc2)C(=O)OC(c2ccccc2)=C[C@@H]1c1ccc2c(c1)OCO2)c1ccccc1. The molecule has 0 fully saturated rings. The van der Waals surface area contributed by atoms with Gasteiger partial charge in [-0.2, -0.15) is 0 Å². The Morgan fingerprint density at radius 3 is 2.21 bits per heavy atom. The number of esters is 1. The Balaban J connectivity index is 1.52. The van der Waals surface area contributed by atoms with Crippen LogP contribution in [0.15, 0.2) is 115 Å². The van der Waals surface area contributed by atoms with Gasteiger partial charge in [-0.1, -0.05) is 84.9 Å². The van der Waals surface area contributed by atoms with Crippen molar-refractivity contribution in [3.05, 3.63) is 138 Å². The normalized spacial score (nSPS) is 19.8. The largest absolute Gasteiger partial charge is 0.454 e. The number of fused-ring (bicyclic) bond motifs is 1. The molecular weight excluding hydrogens is 478 g/mol. The highest BCUT2D eigenvalue weighted by molar-refractivity contribution is 6.00. The second kappa shape index (κ2) is 9.90. The number of amides is 1. The molecule has 0 saturated heterocycles. The van der Waals surface area contributed by atoms with Crippen molar-refractivity contribution in [1.82, 2.24) is 5.32 Å². The first-order valence-corrected chi connectivity index (χ1v) is 12.4. The number of carbonyl (C=O) groups excluding carboxylic acids is 2. The van der Waals surface area contributed by atoms with E-state index in [0.29, 0.717) is 22.8 Å². The van der Waals surface area contributed by atoms with Gasteiger partial charge in [-0.15, -0.1) is 0 Å². The molecule has 0 saturated carbocycles. The highest BCUT2D eigenvalue weighted by atomic mass is 16.7. The van der Waals surface area contributed by atoms with Crippen molar-refractivity contribution in [1.29, 1.82) is 0 Å². The van der Waals surface area contributed by atoms with Crippen LogP contribution in [0.1, 0.15) is 33.0 Å². The molecular formula is C32H25NO5. The summed E-state index contributed by atoms with van der Waals surface area (Å²) in [5, 5.41) is 3.11. The minimum atomic E-state index is -1.43. The molecule has 0 spiro atoms. The minimum absolute atomic E-state index is 0.135. The summed E-state index contributed by atoms with van der Waals surface area (Å²) in [6.45, 7) is 0.135. The Bertz CT molecular complexity index is 1500. The molecule has 0 unspecified atom stereocenters. The van der Waals surface area contributed by atoms with E-state index in [1.165, 1.54) is 0 Å². The summed E-state index contributed by atoms with van der Waals surface area (Å²) in [6.07, 6.45) is 2.14. The van der Waals surface area contributed by atoms with Crippen LogP contribution in [0.25, 0.3) is 5.76 Å². The predicted molar refractivity (Wildman–Crippen MR) is 143 cm³/mol. The van der Waals surface area contributed by atoms with Crippen molar-refractivity contribution in [2.24, 2.45) is 0 Å². The average Bonchev–Trinajstić information content (AvgIpc) is 3.44. The average molecular weight is 504 g/mol. The van der Waals surface area contributed by atoms with Gasteiger partial charge in [0.05, 0.1) is 0 Å². The van der Waals surface area contributed by atoms with Crippen LogP contribution in [-0.2, 0) is 16.0 Å². The highest BCUT2D eigenvalue weighted by Crippen LogP contribution is 2.44. The first-order valence-electron chi connectivity index (χ1n) is 12.4. The van der Waals surface area contributed by atoms with Gasteiger partial charge in [-0.05, 0) is 41.5 Å². The van der Waals surface area contributed by atoms with E-state index < -0.39 is 17.4 Å². The Hall–Kier alpha value is -4.84. The number of ether oxygens (including phenoxy) is 3. The van der Waals surface area contributed by atoms with Gasteiger partial charge in [-0.3, -0.25) is 4.79 Å². The molecule has 0 aliphatic carbocycles. The lowest BCUT2D eigenvalue weighted by atomic mass is 9.73. The smallest absolute Gasteiger partial charge is 0.338 e. The third kappa shape index (κ3) is 4.41. The van der Waals surface area contributed by atoms with E-state index in [9.17, 15) is 9.59 Å². The molecule has 0 bridgehead atoms. The van der Waals surface area contributed by atoms with Crippen LogP contribution in [0.3, 0.4) is 0 Å². The summed E-state index contributed by atoms with van der Waals surface area (Å²) < 4.78 is 17.2. The van der Waals surface area contributed by atoms with Gasteiger partial charge in [0, 0.05) is 23.5 Å². The van der Waals surface area contributed by atoms with Crippen LogP contribution in [0.5, 0.6) is 11.5 Å². The summed E-state index contributed by atoms with van der Waals surface area (Å²) in [5.41, 5.74) is 1.48. The van der Waals surface area contributed by atoms with E-state index in [2.05, 4.69) is 5.32 Å². The standard InChI is InChI=1S/C32H25NO5/c34-30(24-14-8-3-9-15-24)33-32(20-22-10-4-1-5-11-22)26(25-16-17-27-29(18-25)37-21-36-27)19-28(38-31(32)35)23-12-6-2-7-13-23/h1-19,26H,20-21H2,(H,33,34)/t26-,32+/m1/s1. The Morgan fingerprint density at radius 1 is 0.816 bits per heavy atom. The fourth-order valence-corrected chi connectivity index (χ4v) is 5.03. The topological polar surface area (TPSA) is 73.9 Å². The van der Waals surface area contributed by atoms with E-state index in [-0.39, 0.29) is 19.1 Å². The zero-order chi connectivity index (χ0) is 26.0. The van der Waals surface area contributed by atoms with Crippen molar-refractivity contribution in [2.75, 3.05) is 6.79 Å². The number of hydrogen-bond donors (Lipinski definition) is 1. The summed E-state index contributed by atoms with van der Waals surface area (Å²) >= 11 is 0. The maximum atomic E-state index is 14.2. The van der Waals surface area contributed by atoms with E-state index in [1.54, 1.807) is 24.3 Å². The Labute approximate surface area is 220 Å². The zero-order valence-corrected chi connectivity index (χ0v) is 20.5. The molecule has 1 amide bonds. The van der Waals surface area contributed by atoms with Crippen LogP contribution >= 0.6 is 0 Å². The number of cyclic esters (lactones) is 1. The molecule has 6 nitrogen and oxygen atoms in total. The van der Waals surface area contributed by atoms with E-state index in [4.69, 9.17) is 14.2 Å². The van der Waals surface area contributed by atoms with E-state index in [1.807, 2.05) is 91.0 Å². The van der Waals surface area contributed by atoms with Gasteiger partial charge >= 0.3 is 5.97 Å². The minimum Gasteiger partial charge on any atom is -0.454 e. The molecule has 2 heterocycles. The lowest BCUT2D eigenvalue weighted by Gasteiger charge is -2.41. The van der Waals surface area contributed by atoms with Gasteiger partial charge in [0.2, 0.25) is 6.79 Å². The van der Waals surface area contributed by atoms with E-state index >= 15 is 0 Å². The van der Waals surface area contributed by atoms with E-state index in [0.717, 1.165) is 16.7 Å². The highest BCUT2D eigenvalue weighted by Gasteiger charge is 2.52. The molecule has 2 atom stereocenters. The molecule has 0 aromatic heterocycles. The fourth-order valence-electron chi connectivity index (χ4n) is 5.03. The first-order chi connectivity index (χ1) is 18.6. The van der Waals surface area contributed by atoms with Crippen LogP contribution in [0.4, 0.5) is 0 Å². The van der Waals surface area contributed by atoms with Crippen molar-refractivity contribution >= 4 is 17.6 Å². The predicted octanol–water partition coefficient (Wildman–Crippen LogP) is 5.51. The Kier molecular flexibility index (Phi) is 6.14. The molecule has 2 aliphatic heterocycles. The fraction of sp³-hybridized carbons (Fsp3) is 0.125. The molecule has 4 aromatic rings. The van der Waals surface area contributed by atoms with Crippen LogP contribution < -0.4 is 14.8 Å². The van der Waals surface area contributed by atoms with Crippen molar-refractivity contribution in [3.8, 4) is 11.5 Å². The summed E-state index contributed by atoms with van der Waals surface area (Å²) in [7, 11) is 0. The van der Waals surface area contributed by atoms with Crippen molar-refractivity contribution < 1.29 is 23.8 Å². The molecule has 0 radical (unpaired) electrons. The van der Waals surface area contributed by atoms with Crippen LogP contribution in [0.2, 0.25) is 0 Å². The lowest BCUT2D eigenvalue weighted by molar-refractivity contribution is -0.145. The zero-order valence-electron chi connectivity index (χ0n) is 20.5. The molecule has 38 heavy (non-hydrogen) atoms. The van der Waals surface area contributed by atoms with Gasteiger partial charge in [0.1, 0.15) is 5.76 Å². The summed E-state index contributed by atoms with van der Waals surface area (Å²) in [5.74, 6) is 0.216. The second-order valence-electron chi connectivity index (χ2n) is 9.33. The molecule has 6 rings (SSSR count). The molecule has 188 valence electrons. The summed E-state index contributed by atoms with van der Waals surface area (Å²) in [4.78, 5) is 27.7. The van der Waals surface area contributed by atoms with Gasteiger partial charge in [0.15, 0.2) is 17.0 Å². The molecule has 4 aromatic carbocycles. The van der Waals surface area contributed by atoms with Crippen molar-refractivity contribution in [2.45, 2.75) is 17.9 Å². The Morgan fingerprint density at radius 2 is 1.47 bits per heavy atom. The number of nitrogens with one attached hydrogen (secondary N) is 1. The van der Waals surface area contributed by atoms with Gasteiger partial charge in [0.25, 0.3) is 5.91 Å². The van der Waals surface area contributed by atoms with Gasteiger partial charge in [-0.25, -0.2) is 4.79 Å². The molecule has 2 aliphatic rings. The van der Waals surface area contributed by atoms with Crippen molar-refractivity contribution in [3.63, 3.8) is 0 Å². The quantitative estimate of drug-likeness (QED) is 0.352. The lowest BCUT2D eigenvalue weighted by Crippen LogP contribution is -2.61. The third-order valence-electron chi connectivity index (χ3n) is 6.93. The monoisotopic (exact) mass is 503 g/mol. The molecule has 6 heteroatoms. The number of hydrogen-bond acceptors (Lipinski definition) is 5. The number of rotatable bonds is 6. The molecule has 1 N–H and O–H groups in total. The number of carbonyl (C=O) groups is 2. The summed E-state index contributed by atoms with van der Waals surface area (Å²) in [6, 6.07) is 33.6. The maximum absolute atomic E-state index is 14.2.